The molecule has 0 unspecified atom stereocenters. The van der Waals surface area contributed by atoms with Gasteiger partial charge >= 0.3 is 0 Å². The maximum Gasteiger partial charge on any atom is 0.273 e. The van der Waals surface area contributed by atoms with E-state index in [1.165, 1.54) is 23.8 Å². The zero-order valence-corrected chi connectivity index (χ0v) is 18.9. The van der Waals surface area contributed by atoms with Gasteiger partial charge in [0.05, 0.1) is 23.3 Å². The number of nitrogens with zero attached hydrogens (tertiary/aromatic N) is 1. The van der Waals surface area contributed by atoms with E-state index < -0.39 is 0 Å². The molecule has 4 rings (SSSR count). The van der Waals surface area contributed by atoms with Gasteiger partial charge in [-0.25, -0.2) is 4.90 Å². The molecule has 0 bridgehead atoms. The molecule has 3 aromatic rings. The first-order chi connectivity index (χ1) is 14.9. The minimum absolute atomic E-state index is 0.363. The van der Waals surface area contributed by atoms with Gasteiger partial charge in [0.1, 0.15) is 5.75 Å². The monoisotopic (exact) mass is 449 g/mol. The summed E-state index contributed by atoms with van der Waals surface area (Å²) < 4.78 is 5.42. The van der Waals surface area contributed by atoms with E-state index in [1.807, 2.05) is 44.2 Å². The molecule has 0 saturated carbocycles. The molecule has 31 heavy (non-hydrogen) atoms. The first-order valence-electron chi connectivity index (χ1n) is 9.68. The van der Waals surface area contributed by atoms with Crippen LogP contribution in [-0.4, -0.2) is 18.9 Å². The van der Waals surface area contributed by atoms with Crippen molar-refractivity contribution in [3.8, 4) is 5.75 Å². The first-order valence-corrected chi connectivity index (χ1v) is 10.9. The summed E-state index contributed by atoms with van der Waals surface area (Å²) in [6.07, 6.45) is 0. The Morgan fingerprint density at radius 3 is 2.29 bits per heavy atom. The van der Waals surface area contributed by atoms with Crippen molar-refractivity contribution in [1.29, 1.82) is 0 Å². The van der Waals surface area contributed by atoms with Gasteiger partial charge in [-0.15, -0.1) is 0 Å². The predicted molar refractivity (Wildman–Crippen MR) is 126 cm³/mol. The minimum atomic E-state index is -0.371. The summed E-state index contributed by atoms with van der Waals surface area (Å²) in [7, 11) is 1.52. The van der Waals surface area contributed by atoms with Gasteiger partial charge in [-0.2, -0.15) is 0 Å². The second kappa shape index (κ2) is 8.61. The summed E-state index contributed by atoms with van der Waals surface area (Å²) in [5, 5.41) is 0.609. The first kappa shape index (κ1) is 21.2. The summed E-state index contributed by atoms with van der Waals surface area (Å²) in [6, 6.07) is 20.1. The lowest BCUT2D eigenvalue weighted by Crippen LogP contribution is -2.31. The zero-order chi connectivity index (χ0) is 22.1. The third kappa shape index (κ3) is 3.99. The Balaban J connectivity index is 1.87. The van der Waals surface area contributed by atoms with Gasteiger partial charge in [-0.1, -0.05) is 59.3 Å². The Labute approximate surface area is 190 Å². The molecule has 0 radical (unpaired) electrons. The lowest BCUT2D eigenvalue weighted by atomic mass is 9.98. The lowest BCUT2D eigenvalue weighted by molar-refractivity contribution is -0.119. The number of aryl methyl sites for hydroxylation is 2. The Morgan fingerprint density at radius 1 is 0.903 bits per heavy atom. The van der Waals surface area contributed by atoms with Crippen molar-refractivity contribution in [3.63, 3.8) is 0 Å². The Bertz CT molecular complexity index is 1220. The maximum absolute atomic E-state index is 13.6. The fourth-order valence-electron chi connectivity index (χ4n) is 3.59. The number of ether oxygens (including phenoxy) is 1. The van der Waals surface area contributed by atoms with Crippen LogP contribution in [0.3, 0.4) is 0 Å². The number of benzene rings is 3. The SMILES string of the molecule is COc1ccccc1N1C(=O)C(Sc2ccc(Cl)cc2)=C(c2ccc(C)cc2C)C1=O. The molecule has 0 N–H and O–H groups in total. The van der Waals surface area contributed by atoms with Gasteiger partial charge in [0.25, 0.3) is 11.8 Å². The van der Waals surface area contributed by atoms with Crippen molar-refractivity contribution < 1.29 is 14.3 Å². The van der Waals surface area contributed by atoms with Gasteiger partial charge in [-0.05, 0) is 61.4 Å². The Hall–Kier alpha value is -3.02. The number of hydrogen-bond donors (Lipinski definition) is 0. The van der Waals surface area contributed by atoms with E-state index in [4.69, 9.17) is 16.3 Å². The Kier molecular flexibility index (Phi) is 5.90. The number of carbonyl (C=O) groups is 2. The number of para-hydroxylation sites is 2. The quantitative estimate of drug-likeness (QED) is 0.445. The molecule has 4 nitrogen and oxygen atoms in total. The van der Waals surface area contributed by atoms with Gasteiger partial charge in [0.15, 0.2) is 0 Å². The number of amides is 2. The molecule has 1 heterocycles. The molecular weight excluding hydrogens is 430 g/mol. The maximum atomic E-state index is 13.6. The smallest absolute Gasteiger partial charge is 0.273 e. The molecule has 1 aliphatic heterocycles. The number of imide groups is 1. The lowest BCUT2D eigenvalue weighted by Gasteiger charge is -2.18. The molecule has 2 amide bonds. The molecular formula is C25H20ClNO3S. The van der Waals surface area contributed by atoms with Crippen LogP contribution in [0.2, 0.25) is 5.02 Å². The number of halogens is 1. The highest BCUT2D eigenvalue weighted by Gasteiger charge is 2.42. The summed E-state index contributed by atoms with van der Waals surface area (Å²) in [5.74, 6) is -0.274. The van der Waals surface area contributed by atoms with Crippen LogP contribution in [0, 0.1) is 13.8 Å². The second-order valence-corrected chi connectivity index (χ2v) is 8.72. The number of hydrogen-bond acceptors (Lipinski definition) is 4. The van der Waals surface area contributed by atoms with E-state index in [0.29, 0.717) is 26.9 Å². The number of rotatable bonds is 5. The van der Waals surface area contributed by atoms with Gasteiger partial charge < -0.3 is 4.74 Å². The van der Waals surface area contributed by atoms with Crippen molar-refractivity contribution in [1.82, 2.24) is 0 Å². The largest absolute Gasteiger partial charge is 0.495 e. The number of methoxy groups -OCH3 is 1. The molecule has 0 saturated heterocycles. The molecule has 3 aromatic carbocycles. The van der Waals surface area contributed by atoms with E-state index in [9.17, 15) is 9.59 Å². The molecule has 0 fully saturated rings. The van der Waals surface area contributed by atoms with Crippen molar-refractivity contribution >= 4 is 46.4 Å². The van der Waals surface area contributed by atoms with E-state index in [2.05, 4.69) is 0 Å². The van der Waals surface area contributed by atoms with E-state index in [0.717, 1.165) is 21.6 Å². The van der Waals surface area contributed by atoms with Crippen molar-refractivity contribution in [2.24, 2.45) is 0 Å². The van der Waals surface area contributed by atoms with E-state index >= 15 is 0 Å². The summed E-state index contributed by atoms with van der Waals surface area (Å²) in [5.41, 5.74) is 3.60. The molecule has 0 atom stereocenters. The topological polar surface area (TPSA) is 46.6 Å². The zero-order valence-electron chi connectivity index (χ0n) is 17.3. The van der Waals surface area contributed by atoms with Crippen LogP contribution in [0.15, 0.2) is 76.5 Å². The van der Waals surface area contributed by atoms with Crippen molar-refractivity contribution in [3.05, 3.63) is 93.3 Å². The average molecular weight is 450 g/mol. The van der Waals surface area contributed by atoms with Crippen molar-refractivity contribution in [2.75, 3.05) is 12.0 Å². The molecule has 1 aliphatic rings. The van der Waals surface area contributed by atoms with E-state index in [-0.39, 0.29) is 11.8 Å². The van der Waals surface area contributed by atoms with Crippen LogP contribution < -0.4 is 9.64 Å². The summed E-state index contributed by atoms with van der Waals surface area (Å²) >= 11 is 7.28. The van der Waals surface area contributed by atoms with Crippen LogP contribution in [-0.2, 0) is 9.59 Å². The normalized spacial score (nSPS) is 13.9. The fraction of sp³-hybridized carbons (Fsp3) is 0.120. The summed E-state index contributed by atoms with van der Waals surface area (Å²) in [6.45, 7) is 3.95. The van der Waals surface area contributed by atoms with Crippen LogP contribution in [0.25, 0.3) is 5.57 Å². The number of carbonyl (C=O) groups excluding carboxylic acids is 2. The van der Waals surface area contributed by atoms with Gasteiger partial charge in [-0.3, -0.25) is 9.59 Å². The molecule has 0 aliphatic carbocycles. The Morgan fingerprint density at radius 2 is 1.61 bits per heavy atom. The molecule has 6 heteroatoms. The minimum Gasteiger partial charge on any atom is -0.495 e. The fourth-order valence-corrected chi connectivity index (χ4v) is 4.70. The highest BCUT2D eigenvalue weighted by molar-refractivity contribution is 8.04. The highest BCUT2D eigenvalue weighted by Crippen LogP contribution is 2.44. The average Bonchev–Trinajstić information content (AvgIpc) is 2.99. The molecule has 0 spiro atoms. The van der Waals surface area contributed by atoms with Crippen molar-refractivity contribution in [2.45, 2.75) is 18.7 Å². The van der Waals surface area contributed by atoms with Crippen LogP contribution in [0.1, 0.15) is 16.7 Å². The van der Waals surface area contributed by atoms with Gasteiger partial charge in [0, 0.05) is 9.92 Å². The standard InChI is InChI=1S/C25H20ClNO3S/c1-15-8-13-19(16(2)14-15)22-23(31-18-11-9-17(26)10-12-18)25(29)27(24(22)28)20-6-4-5-7-21(20)30-3/h4-14H,1-3H3. The molecule has 156 valence electrons. The number of anilines is 1. The third-order valence-electron chi connectivity index (χ3n) is 5.05. The van der Waals surface area contributed by atoms with Crippen LogP contribution in [0.5, 0.6) is 5.75 Å². The number of thioether (sulfide) groups is 1. The van der Waals surface area contributed by atoms with E-state index in [1.54, 1.807) is 36.4 Å². The molecule has 0 aromatic heterocycles. The predicted octanol–water partition coefficient (Wildman–Crippen LogP) is 6.04. The van der Waals surface area contributed by atoms with Gasteiger partial charge in [0.2, 0.25) is 0 Å². The third-order valence-corrected chi connectivity index (χ3v) is 6.39. The summed E-state index contributed by atoms with van der Waals surface area (Å²) in [4.78, 5) is 29.6. The highest BCUT2D eigenvalue weighted by atomic mass is 35.5. The second-order valence-electron chi connectivity index (χ2n) is 7.20. The van der Waals surface area contributed by atoms with Crippen LogP contribution in [0.4, 0.5) is 5.69 Å². The van der Waals surface area contributed by atoms with Crippen LogP contribution >= 0.6 is 23.4 Å².